The van der Waals surface area contributed by atoms with Gasteiger partial charge in [-0.3, -0.25) is 0 Å². The number of ether oxygens (including phenoxy) is 1. The molecule has 5 heteroatoms. The second-order valence-corrected chi connectivity index (χ2v) is 4.02. The summed E-state index contributed by atoms with van der Waals surface area (Å²) < 4.78 is 4.71. The van der Waals surface area contributed by atoms with Gasteiger partial charge in [0.25, 0.3) is 0 Å². The Hall–Kier alpha value is -1.75. The molecule has 0 saturated carbocycles. The Balaban J connectivity index is 3.22. The Morgan fingerprint density at radius 3 is 2.67 bits per heavy atom. The SMILES string of the molecule is CCN(CCO)c1cc(C)c(N)c(C(=O)OC)c1. The molecule has 0 bridgehead atoms. The van der Waals surface area contributed by atoms with Crippen LogP contribution in [-0.4, -0.2) is 37.9 Å². The van der Waals surface area contributed by atoms with Crippen LogP contribution >= 0.6 is 0 Å². The number of methoxy groups -OCH3 is 1. The molecule has 18 heavy (non-hydrogen) atoms. The van der Waals surface area contributed by atoms with Crippen LogP contribution in [0.2, 0.25) is 0 Å². The minimum absolute atomic E-state index is 0.0603. The van der Waals surface area contributed by atoms with Gasteiger partial charge in [0.05, 0.1) is 19.3 Å². The smallest absolute Gasteiger partial charge is 0.340 e. The molecule has 0 radical (unpaired) electrons. The van der Waals surface area contributed by atoms with E-state index in [0.717, 1.165) is 17.8 Å². The number of nitrogens with zero attached hydrogens (tertiary/aromatic N) is 1. The summed E-state index contributed by atoms with van der Waals surface area (Å²) in [6.45, 7) is 5.15. The summed E-state index contributed by atoms with van der Waals surface area (Å²) in [6.07, 6.45) is 0. The van der Waals surface area contributed by atoms with E-state index in [4.69, 9.17) is 15.6 Å². The molecule has 0 aliphatic heterocycles. The first-order valence-electron chi connectivity index (χ1n) is 5.89. The number of benzene rings is 1. The van der Waals surface area contributed by atoms with Crippen LogP contribution in [0.4, 0.5) is 11.4 Å². The van der Waals surface area contributed by atoms with Crippen molar-refractivity contribution < 1.29 is 14.6 Å². The predicted octanol–water partition coefficient (Wildman–Crippen LogP) is 1.18. The van der Waals surface area contributed by atoms with E-state index in [-0.39, 0.29) is 6.61 Å². The van der Waals surface area contributed by atoms with Crippen LogP contribution in [-0.2, 0) is 4.74 Å². The van der Waals surface area contributed by atoms with Crippen molar-refractivity contribution in [1.29, 1.82) is 0 Å². The minimum Gasteiger partial charge on any atom is -0.465 e. The van der Waals surface area contributed by atoms with Crippen molar-refractivity contribution in [2.24, 2.45) is 0 Å². The molecule has 3 N–H and O–H groups in total. The number of likely N-dealkylation sites (N-methyl/N-ethyl adjacent to an activating group) is 1. The number of nitrogens with two attached hydrogens (primary N) is 1. The molecule has 5 nitrogen and oxygen atoms in total. The lowest BCUT2D eigenvalue weighted by Crippen LogP contribution is -2.26. The van der Waals surface area contributed by atoms with Crippen molar-refractivity contribution in [2.45, 2.75) is 13.8 Å². The molecule has 0 heterocycles. The van der Waals surface area contributed by atoms with Crippen LogP contribution in [0.3, 0.4) is 0 Å². The number of aliphatic hydroxyl groups is 1. The van der Waals surface area contributed by atoms with Crippen LogP contribution < -0.4 is 10.6 Å². The topological polar surface area (TPSA) is 75.8 Å². The maximum Gasteiger partial charge on any atom is 0.340 e. The number of aliphatic hydroxyl groups excluding tert-OH is 1. The highest BCUT2D eigenvalue weighted by molar-refractivity contribution is 5.97. The zero-order chi connectivity index (χ0) is 13.7. The van der Waals surface area contributed by atoms with E-state index < -0.39 is 5.97 Å². The molecule has 0 aromatic heterocycles. The van der Waals surface area contributed by atoms with E-state index in [1.165, 1.54) is 7.11 Å². The zero-order valence-electron chi connectivity index (χ0n) is 11.1. The fraction of sp³-hybridized carbons (Fsp3) is 0.462. The Bertz CT molecular complexity index is 432. The van der Waals surface area contributed by atoms with Gasteiger partial charge in [0.1, 0.15) is 0 Å². The van der Waals surface area contributed by atoms with Gasteiger partial charge in [-0.2, -0.15) is 0 Å². The second kappa shape index (κ2) is 6.26. The third-order valence-corrected chi connectivity index (χ3v) is 2.89. The van der Waals surface area contributed by atoms with Gasteiger partial charge < -0.3 is 20.5 Å². The normalized spacial score (nSPS) is 10.2. The van der Waals surface area contributed by atoms with Gasteiger partial charge in [-0.15, -0.1) is 0 Å². The molecule has 0 spiro atoms. The number of nitrogen functional groups attached to an aromatic ring is 1. The number of carbonyl (C=O) groups excluding carboxylic acids is 1. The lowest BCUT2D eigenvalue weighted by Gasteiger charge is -2.23. The van der Waals surface area contributed by atoms with Crippen LogP contribution in [0.15, 0.2) is 12.1 Å². The van der Waals surface area contributed by atoms with Crippen molar-refractivity contribution in [1.82, 2.24) is 0 Å². The van der Waals surface area contributed by atoms with E-state index >= 15 is 0 Å². The zero-order valence-corrected chi connectivity index (χ0v) is 11.1. The molecule has 0 fully saturated rings. The first-order chi connectivity index (χ1) is 8.54. The summed E-state index contributed by atoms with van der Waals surface area (Å²) in [4.78, 5) is 13.6. The van der Waals surface area contributed by atoms with Crippen LogP contribution in [0.25, 0.3) is 0 Å². The molecular formula is C13H20N2O3. The average molecular weight is 252 g/mol. The van der Waals surface area contributed by atoms with E-state index in [9.17, 15) is 4.79 Å². The Labute approximate surface area is 107 Å². The molecule has 0 atom stereocenters. The summed E-state index contributed by atoms with van der Waals surface area (Å²) in [7, 11) is 1.33. The monoisotopic (exact) mass is 252 g/mol. The molecular weight excluding hydrogens is 232 g/mol. The van der Waals surface area contributed by atoms with Gasteiger partial charge in [0, 0.05) is 24.5 Å². The fourth-order valence-electron chi connectivity index (χ4n) is 1.83. The number of aryl methyl sites for hydroxylation is 1. The molecule has 1 rings (SSSR count). The lowest BCUT2D eigenvalue weighted by molar-refractivity contribution is 0.0602. The molecule has 1 aromatic rings. The largest absolute Gasteiger partial charge is 0.465 e. The van der Waals surface area contributed by atoms with E-state index in [1.807, 2.05) is 24.8 Å². The summed E-state index contributed by atoms with van der Waals surface area (Å²) >= 11 is 0. The first-order valence-corrected chi connectivity index (χ1v) is 5.89. The van der Waals surface area contributed by atoms with Gasteiger partial charge >= 0.3 is 5.97 Å². The van der Waals surface area contributed by atoms with Crippen molar-refractivity contribution in [2.75, 3.05) is 37.4 Å². The molecule has 0 unspecified atom stereocenters. The minimum atomic E-state index is -0.447. The first kappa shape index (κ1) is 14.3. The predicted molar refractivity (Wildman–Crippen MR) is 71.9 cm³/mol. The molecule has 1 aromatic carbocycles. The highest BCUT2D eigenvalue weighted by atomic mass is 16.5. The fourth-order valence-corrected chi connectivity index (χ4v) is 1.83. The van der Waals surface area contributed by atoms with Crippen molar-refractivity contribution in [3.05, 3.63) is 23.3 Å². The van der Waals surface area contributed by atoms with Crippen molar-refractivity contribution >= 4 is 17.3 Å². The molecule has 100 valence electrons. The van der Waals surface area contributed by atoms with E-state index in [1.54, 1.807) is 6.07 Å². The van der Waals surface area contributed by atoms with Gasteiger partial charge in [-0.25, -0.2) is 4.79 Å². The number of hydrogen-bond acceptors (Lipinski definition) is 5. The third-order valence-electron chi connectivity index (χ3n) is 2.89. The number of rotatable bonds is 5. The van der Waals surface area contributed by atoms with Crippen molar-refractivity contribution in [3.8, 4) is 0 Å². The van der Waals surface area contributed by atoms with Gasteiger partial charge in [0.2, 0.25) is 0 Å². The molecule has 0 aliphatic carbocycles. The number of anilines is 2. The standard InChI is InChI=1S/C13H20N2O3/c1-4-15(5-6-16)10-7-9(2)12(14)11(8-10)13(17)18-3/h7-8,16H,4-6,14H2,1-3H3. The number of hydrogen-bond donors (Lipinski definition) is 2. The number of esters is 1. The second-order valence-electron chi connectivity index (χ2n) is 4.02. The quantitative estimate of drug-likeness (QED) is 0.608. The Kier molecular flexibility index (Phi) is 4.97. The molecule has 0 saturated heterocycles. The third kappa shape index (κ3) is 2.92. The summed E-state index contributed by atoms with van der Waals surface area (Å²) in [6, 6.07) is 3.61. The lowest BCUT2D eigenvalue weighted by atomic mass is 10.1. The van der Waals surface area contributed by atoms with E-state index in [0.29, 0.717) is 17.8 Å². The van der Waals surface area contributed by atoms with Crippen LogP contribution in [0, 0.1) is 6.92 Å². The highest BCUT2D eigenvalue weighted by Crippen LogP contribution is 2.26. The Morgan fingerprint density at radius 2 is 2.17 bits per heavy atom. The Morgan fingerprint density at radius 1 is 1.50 bits per heavy atom. The summed E-state index contributed by atoms with van der Waals surface area (Å²) in [5.74, 6) is -0.447. The van der Waals surface area contributed by atoms with Gasteiger partial charge in [-0.1, -0.05) is 0 Å². The highest BCUT2D eigenvalue weighted by Gasteiger charge is 2.15. The maximum atomic E-state index is 11.6. The van der Waals surface area contributed by atoms with Crippen LogP contribution in [0.1, 0.15) is 22.8 Å². The molecule has 0 aliphatic rings. The average Bonchev–Trinajstić information content (AvgIpc) is 2.38. The number of carbonyl (C=O) groups is 1. The van der Waals surface area contributed by atoms with Gasteiger partial charge in [-0.05, 0) is 31.5 Å². The van der Waals surface area contributed by atoms with E-state index in [2.05, 4.69) is 0 Å². The van der Waals surface area contributed by atoms with Crippen LogP contribution in [0.5, 0.6) is 0 Å². The molecule has 0 amide bonds. The maximum absolute atomic E-state index is 11.6. The van der Waals surface area contributed by atoms with Gasteiger partial charge in [0.15, 0.2) is 0 Å². The van der Waals surface area contributed by atoms with Crippen molar-refractivity contribution in [3.63, 3.8) is 0 Å². The summed E-state index contributed by atoms with van der Waals surface area (Å²) in [5.41, 5.74) is 8.36. The summed E-state index contributed by atoms with van der Waals surface area (Å²) in [5, 5.41) is 9.02.